The molecule has 2 aromatic carbocycles. The lowest BCUT2D eigenvalue weighted by atomic mass is 9.96. The number of alkyl halides is 1. The van der Waals surface area contributed by atoms with E-state index in [9.17, 15) is 4.39 Å². The monoisotopic (exact) mass is 637 g/mol. The van der Waals surface area contributed by atoms with Crippen molar-refractivity contribution in [2.75, 3.05) is 43.4 Å². The molecule has 4 aromatic rings. The fourth-order valence-electron chi connectivity index (χ4n) is 8.44. The Morgan fingerprint density at radius 1 is 1.15 bits per heavy atom. The summed E-state index contributed by atoms with van der Waals surface area (Å²) in [6.07, 6.45) is 9.49. The zero-order valence-electron chi connectivity index (χ0n) is 26.3. The summed E-state index contributed by atoms with van der Waals surface area (Å²) >= 11 is 0. The Morgan fingerprint density at radius 2 is 2.02 bits per heavy atom. The van der Waals surface area contributed by atoms with E-state index >= 15 is 4.39 Å². The van der Waals surface area contributed by atoms with Crippen molar-refractivity contribution >= 4 is 33.2 Å². The highest BCUT2D eigenvalue weighted by atomic mass is 19.1. The van der Waals surface area contributed by atoms with Crippen molar-refractivity contribution in [3.05, 3.63) is 41.7 Å². The number of nitrogens with zero attached hydrogens (tertiary/aromatic N) is 5. The number of pyridine rings is 1. The summed E-state index contributed by atoms with van der Waals surface area (Å²) in [5.41, 5.74) is 7.95. The highest BCUT2D eigenvalue weighted by Gasteiger charge is 2.48. The van der Waals surface area contributed by atoms with Gasteiger partial charge in [0.2, 0.25) is 5.88 Å². The van der Waals surface area contributed by atoms with Gasteiger partial charge in [0.05, 0.1) is 12.6 Å². The second-order valence-electron chi connectivity index (χ2n) is 14.2. The van der Waals surface area contributed by atoms with Crippen LogP contribution in [0.25, 0.3) is 32.9 Å². The van der Waals surface area contributed by atoms with Gasteiger partial charge in [0, 0.05) is 65.9 Å². The van der Waals surface area contributed by atoms with E-state index in [2.05, 4.69) is 21.0 Å². The predicted octanol–water partition coefficient (Wildman–Crippen LogP) is 4.84. The van der Waals surface area contributed by atoms with Crippen LogP contribution in [0.1, 0.15) is 44.6 Å². The number of nitrogens with one attached hydrogen (secondary N) is 1. The van der Waals surface area contributed by atoms with Crippen LogP contribution in [0.5, 0.6) is 11.9 Å². The summed E-state index contributed by atoms with van der Waals surface area (Å²) in [6.45, 7) is 5.12. The van der Waals surface area contributed by atoms with Crippen LogP contribution in [0.2, 0.25) is 0 Å². The van der Waals surface area contributed by atoms with E-state index in [1.165, 1.54) is 0 Å². The highest BCUT2D eigenvalue weighted by Crippen LogP contribution is 2.48. The molecule has 2 aromatic heterocycles. The first-order valence-electron chi connectivity index (χ1n) is 16.7. The lowest BCUT2D eigenvalue weighted by molar-refractivity contribution is 0.154. The molecule has 0 spiro atoms. The molecule has 5 aliphatic rings. The van der Waals surface area contributed by atoms with E-state index < -0.39 is 12.0 Å². The summed E-state index contributed by atoms with van der Waals surface area (Å²) < 4.78 is 44.0. The first-order chi connectivity index (χ1) is 22.8. The zero-order chi connectivity index (χ0) is 32.0. The molecule has 1 aliphatic carbocycles. The lowest BCUT2D eigenvalue weighted by Crippen LogP contribution is -2.62. The molecule has 4 fully saturated rings. The van der Waals surface area contributed by atoms with Gasteiger partial charge in [-0.2, -0.15) is 9.97 Å². The molecule has 47 heavy (non-hydrogen) atoms. The molecule has 242 valence electrons. The molecule has 9 nitrogen and oxygen atoms in total. The minimum Gasteiger partial charge on any atom is -0.472 e. The SMILES string of the molecule is C#Cc1cccc2cc(N)cc(-c3nc4c5c(nc(OCC6(CN7CC[C@@H](F)C7)CC6)nc5c3F)N3C[C@H]5CC[C@H](N5)[C@H]3[C@H](C)O4)c12. The molecule has 1 saturated carbocycles. The smallest absolute Gasteiger partial charge is 0.319 e. The Morgan fingerprint density at radius 3 is 2.81 bits per heavy atom. The Balaban J connectivity index is 1.20. The fraction of sp³-hybridized carbons (Fsp3) is 0.472. The molecule has 4 aliphatic heterocycles. The molecule has 0 unspecified atom stereocenters. The second-order valence-corrected chi connectivity index (χ2v) is 14.2. The van der Waals surface area contributed by atoms with Crippen LogP contribution >= 0.6 is 0 Å². The number of piperazine rings is 1. The summed E-state index contributed by atoms with van der Waals surface area (Å²) in [4.78, 5) is 19.0. The van der Waals surface area contributed by atoms with Gasteiger partial charge in [-0.15, -0.1) is 6.42 Å². The van der Waals surface area contributed by atoms with Gasteiger partial charge in [-0.1, -0.05) is 18.1 Å². The number of nitrogens with two attached hydrogens (primary N) is 1. The molecule has 5 atom stereocenters. The normalized spacial score (nSPS) is 27.4. The maximum Gasteiger partial charge on any atom is 0.319 e. The zero-order valence-corrected chi connectivity index (χ0v) is 26.3. The highest BCUT2D eigenvalue weighted by molar-refractivity contribution is 6.04. The van der Waals surface area contributed by atoms with Gasteiger partial charge >= 0.3 is 6.01 Å². The Kier molecular flexibility index (Phi) is 6.53. The standard InChI is InChI=1S/C36H37F2N7O2/c1-3-20-5-4-6-21-13-23(39)14-25(27(20)21)30-29(38)31-28-33(45-16-24-7-8-26(40-24)32(45)19(2)47-34(28)41-30)43-35(42-31)46-18-36(10-11-36)17-44-12-9-22(37)15-44/h1,4-6,13-14,19,22,24,26,32,40H,7-12,15-18,39H2,2H3/t19-,22+,24+,26-,32+/m0/s1. The molecule has 0 radical (unpaired) electrons. The summed E-state index contributed by atoms with van der Waals surface area (Å²) in [5, 5.41) is 5.65. The van der Waals surface area contributed by atoms with Crippen LogP contribution in [0.4, 0.5) is 20.3 Å². The quantitative estimate of drug-likeness (QED) is 0.227. The predicted molar refractivity (Wildman–Crippen MR) is 177 cm³/mol. The number of nitrogen functional groups attached to an aromatic ring is 1. The number of fused-ring (bicyclic) bond motifs is 6. The van der Waals surface area contributed by atoms with Gasteiger partial charge in [-0.25, -0.2) is 13.8 Å². The van der Waals surface area contributed by atoms with Gasteiger partial charge in [0.15, 0.2) is 5.82 Å². The van der Waals surface area contributed by atoms with E-state index in [0.717, 1.165) is 44.2 Å². The van der Waals surface area contributed by atoms with E-state index in [0.29, 0.717) is 65.6 Å². The average Bonchev–Trinajstić information content (AvgIpc) is 3.59. The van der Waals surface area contributed by atoms with Crippen molar-refractivity contribution < 1.29 is 18.3 Å². The number of aromatic nitrogens is 3. The number of halogens is 2. The van der Waals surface area contributed by atoms with Gasteiger partial charge in [-0.3, -0.25) is 4.90 Å². The van der Waals surface area contributed by atoms with E-state index in [1.807, 2.05) is 31.2 Å². The minimum absolute atomic E-state index is 0.0414. The molecule has 6 heterocycles. The van der Waals surface area contributed by atoms with Crippen LogP contribution in [0.3, 0.4) is 0 Å². The average molecular weight is 638 g/mol. The molecule has 11 heteroatoms. The van der Waals surface area contributed by atoms with Crippen molar-refractivity contribution in [3.63, 3.8) is 0 Å². The molecule has 3 N–H and O–H groups in total. The number of benzene rings is 2. The van der Waals surface area contributed by atoms with Crippen LogP contribution in [0.15, 0.2) is 30.3 Å². The molecular weight excluding hydrogens is 600 g/mol. The lowest BCUT2D eigenvalue weighted by Gasteiger charge is -2.42. The number of likely N-dealkylation sites (tertiary alicyclic amines) is 1. The van der Waals surface area contributed by atoms with Crippen LogP contribution in [-0.2, 0) is 0 Å². The maximum absolute atomic E-state index is 17.1. The van der Waals surface area contributed by atoms with E-state index in [1.54, 1.807) is 6.07 Å². The topological polar surface area (TPSA) is 102 Å². The largest absolute Gasteiger partial charge is 0.472 e. The van der Waals surface area contributed by atoms with Gasteiger partial charge in [0.25, 0.3) is 0 Å². The molecule has 2 bridgehead atoms. The number of hydrogen-bond donors (Lipinski definition) is 2. The number of rotatable bonds is 6. The molecule has 9 rings (SSSR count). The number of ether oxygens (including phenoxy) is 2. The number of hydrogen-bond acceptors (Lipinski definition) is 9. The van der Waals surface area contributed by atoms with Crippen LogP contribution < -0.4 is 25.4 Å². The first kappa shape index (κ1) is 28.9. The Labute approximate surface area is 271 Å². The molecule has 0 amide bonds. The number of anilines is 2. The Bertz CT molecular complexity index is 1980. The van der Waals surface area contributed by atoms with E-state index in [4.69, 9.17) is 36.6 Å². The van der Waals surface area contributed by atoms with Crippen LogP contribution in [-0.4, -0.2) is 83.0 Å². The van der Waals surface area contributed by atoms with Crippen molar-refractivity contribution in [1.82, 2.24) is 25.2 Å². The van der Waals surface area contributed by atoms with Crippen molar-refractivity contribution in [2.45, 2.75) is 69.4 Å². The van der Waals surface area contributed by atoms with E-state index in [-0.39, 0.29) is 46.7 Å². The van der Waals surface area contributed by atoms with Crippen molar-refractivity contribution in [3.8, 4) is 35.5 Å². The number of terminal acetylenes is 1. The fourth-order valence-corrected chi connectivity index (χ4v) is 8.44. The van der Waals surface area contributed by atoms with Gasteiger partial charge < -0.3 is 25.4 Å². The third-order valence-electron chi connectivity index (χ3n) is 10.9. The molecular formula is C36H37F2N7O2. The molecule has 3 saturated heterocycles. The third kappa shape index (κ3) is 4.75. The second kappa shape index (κ2) is 10.6. The minimum atomic E-state index is -0.770. The van der Waals surface area contributed by atoms with Gasteiger partial charge in [0.1, 0.15) is 34.7 Å². The first-order valence-corrected chi connectivity index (χ1v) is 16.7. The van der Waals surface area contributed by atoms with Crippen molar-refractivity contribution in [1.29, 1.82) is 0 Å². The van der Waals surface area contributed by atoms with Crippen LogP contribution in [0, 0.1) is 23.6 Å². The van der Waals surface area contributed by atoms with Gasteiger partial charge in [-0.05, 0) is 62.6 Å². The summed E-state index contributed by atoms with van der Waals surface area (Å²) in [5.74, 6) is 2.98. The third-order valence-corrected chi connectivity index (χ3v) is 10.9. The van der Waals surface area contributed by atoms with Crippen molar-refractivity contribution in [2.24, 2.45) is 5.41 Å². The summed E-state index contributed by atoms with van der Waals surface area (Å²) in [7, 11) is 0. The Hall–Kier alpha value is -4.27. The maximum atomic E-state index is 17.1. The summed E-state index contributed by atoms with van der Waals surface area (Å²) in [6, 6.07) is 9.68.